The van der Waals surface area contributed by atoms with Gasteiger partial charge in [0.2, 0.25) is 5.89 Å². The van der Waals surface area contributed by atoms with Crippen LogP contribution in [0.2, 0.25) is 0 Å². The molecule has 0 aromatic carbocycles. The number of carbonyl (C=O) groups excluding carboxylic acids is 1. The Bertz CT molecular complexity index is 1280. The molecule has 222 valence electrons. The van der Waals surface area contributed by atoms with Crippen molar-refractivity contribution in [1.29, 1.82) is 0 Å². The number of unbranched alkanes of at least 4 members (excludes halogenated alkanes) is 1. The lowest BCUT2D eigenvalue weighted by atomic mass is 9.86. The van der Waals surface area contributed by atoms with Crippen molar-refractivity contribution in [2.45, 2.75) is 63.8 Å². The zero-order valence-electron chi connectivity index (χ0n) is 23.6. The van der Waals surface area contributed by atoms with Crippen molar-refractivity contribution in [2.24, 2.45) is 17.6 Å². The molecule has 0 atom stereocenters. The van der Waals surface area contributed by atoms with E-state index in [4.69, 9.17) is 10.2 Å². The first-order valence-corrected chi connectivity index (χ1v) is 14.6. The van der Waals surface area contributed by atoms with Gasteiger partial charge in [-0.3, -0.25) is 9.48 Å². The van der Waals surface area contributed by atoms with E-state index in [1.807, 2.05) is 6.07 Å². The minimum absolute atomic E-state index is 0.00615. The number of halogens is 2. The molecule has 0 unspecified atom stereocenters. The van der Waals surface area contributed by atoms with Gasteiger partial charge in [0.05, 0.1) is 11.7 Å². The minimum atomic E-state index is -2.82. The number of anilines is 2. The number of nitrogens with zero attached hydrogens (tertiary/aromatic N) is 5. The number of alkyl halides is 2. The summed E-state index contributed by atoms with van der Waals surface area (Å²) < 4.78 is 34.9. The number of amides is 1. The molecular formula is C29H40F2N8O2. The monoisotopic (exact) mass is 570 g/mol. The van der Waals surface area contributed by atoms with Gasteiger partial charge in [0, 0.05) is 31.0 Å². The van der Waals surface area contributed by atoms with Gasteiger partial charge in [0.25, 0.3) is 12.3 Å². The van der Waals surface area contributed by atoms with Gasteiger partial charge < -0.3 is 25.7 Å². The average molecular weight is 571 g/mol. The summed E-state index contributed by atoms with van der Waals surface area (Å²) in [6.45, 7) is 3.64. The lowest BCUT2D eigenvalue weighted by molar-refractivity contribution is 0.102. The zero-order valence-corrected chi connectivity index (χ0v) is 23.6. The maximum Gasteiger partial charge on any atom is 0.284 e. The quantitative estimate of drug-likeness (QED) is 0.222. The summed E-state index contributed by atoms with van der Waals surface area (Å²) in [5.41, 5.74) is 5.80. The number of aromatic nitrogens is 4. The molecule has 0 aliphatic heterocycles. The Balaban J connectivity index is 1.19. The molecule has 41 heavy (non-hydrogen) atoms. The Labute approximate surface area is 239 Å². The number of nitrogens with two attached hydrogens (primary N) is 1. The van der Waals surface area contributed by atoms with Gasteiger partial charge in [0.15, 0.2) is 11.4 Å². The van der Waals surface area contributed by atoms with E-state index >= 15 is 0 Å². The highest BCUT2D eigenvalue weighted by Crippen LogP contribution is 2.35. The molecule has 2 aliphatic rings. The number of pyridine rings is 1. The van der Waals surface area contributed by atoms with Crippen LogP contribution in [0.25, 0.3) is 11.5 Å². The molecule has 10 nitrogen and oxygen atoms in total. The molecule has 2 fully saturated rings. The first-order valence-electron chi connectivity index (χ1n) is 14.6. The van der Waals surface area contributed by atoms with Gasteiger partial charge in [-0.25, -0.2) is 18.7 Å². The number of oxazole rings is 1. The van der Waals surface area contributed by atoms with Crippen LogP contribution in [0.5, 0.6) is 0 Å². The Kier molecular flexibility index (Phi) is 9.60. The molecule has 3 heterocycles. The maximum atomic E-state index is 13.9. The molecule has 1 amide bonds. The lowest BCUT2D eigenvalue weighted by Crippen LogP contribution is -2.30. The number of hydrogen-bond donors (Lipinski definition) is 3. The fourth-order valence-corrected chi connectivity index (χ4v) is 5.43. The summed E-state index contributed by atoms with van der Waals surface area (Å²) in [5, 5.41) is 10.1. The number of carbonyl (C=O) groups is 1. The van der Waals surface area contributed by atoms with E-state index in [1.165, 1.54) is 25.3 Å². The molecular weight excluding hydrogens is 530 g/mol. The third-order valence-corrected chi connectivity index (χ3v) is 7.98. The van der Waals surface area contributed by atoms with Crippen LogP contribution in [0, 0.1) is 11.8 Å². The molecule has 0 radical (unpaired) electrons. The van der Waals surface area contributed by atoms with Crippen molar-refractivity contribution in [3.05, 3.63) is 42.2 Å². The van der Waals surface area contributed by atoms with Gasteiger partial charge in [-0.2, -0.15) is 5.10 Å². The molecule has 3 aromatic rings. The molecule has 5 rings (SSSR count). The normalized spacial score (nSPS) is 19.2. The minimum Gasteiger partial charge on any atom is -0.444 e. The molecule has 0 spiro atoms. The van der Waals surface area contributed by atoms with Crippen molar-refractivity contribution >= 4 is 17.4 Å². The van der Waals surface area contributed by atoms with Crippen molar-refractivity contribution < 1.29 is 18.0 Å². The predicted octanol–water partition coefficient (Wildman–Crippen LogP) is 5.35. The van der Waals surface area contributed by atoms with Crippen LogP contribution in [-0.2, 0) is 0 Å². The first kappa shape index (κ1) is 29.1. The predicted molar refractivity (Wildman–Crippen MR) is 153 cm³/mol. The lowest BCUT2D eigenvalue weighted by Gasteiger charge is -2.31. The summed E-state index contributed by atoms with van der Waals surface area (Å²) in [5.74, 6) is 1.59. The maximum absolute atomic E-state index is 13.9. The van der Waals surface area contributed by atoms with Crippen molar-refractivity contribution in [2.75, 3.05) is 43.9 Å². The summed E-state index contributed by atoms with van der Waals surface area (Å²) in [4.78, 5) is 23.9. The second-order valence-electron chi connectivity index (χ2n) is 11.4. The van der Waals surface area contributed by atoms with Crippen LogP contribution < -0.4 is 16.4 Å². The second kappa shape index (κ2) is 13.5. The number of nitrogens with one attached hydrogen (secondary N) is 2. The first-order chi connectivity index (χ1) is 19.9. The summed E-state index contributed by atoms with van der Waals surface area (Å²) >= 11 is 0. The number of rotatable bonds is 14. The Morgan fingerprint density at radius 2 is 1.98 bits per heavy atom. The van der Waals surface area contributed by atoms with E-state index < -0.39 is 18.0 Å². The summed E-state index contributed by atoms with van der Waals surface area (Å²) in [6, 6.07) is 3.57. The van der Waals surface area contributed by atoms with E-state index in [-0.39, 0.29) is 23.3 Å². The molecule has 12 heteroatoms. The van der Waals surface area contributed by atoms with Crippen LogP contribution in [0.4, 0.5) is 20.3 Å². The van der Waals surface area contributed by atoms with Crippen LogP contribution in [0.15, 0.2) is 35.2 Å². The van der Waals surface area contributed by atoms with Gasteiger partial charge in [-0.15, -0.1) is 0 Å². The van der Waals surface area contributed by atoms with Crippen LogP contribution in [0.3, 0.4) is 0 Å². The third-order valence-electron chi connectivity index (χ3n) is 7.98. The molecule has 2 saturated carbocycles. The molecule has 3 aromatic heterocycles. The summed E-state index contributed by atoms with van der Waals surface area (Å²) in [6.07, 6.45) is 9.88. The molecule has 0 bridgehead atoms. The summed E-state index contributed by atoms with van der Waals surface area (Å²) in [7, 11) is 2.14. The Morgan fingerprint density at radius 1 is 1.20 bits per heavy atom. The molecule has 0 saturated heterocycles. The van der Waals surface area contributed by atoms with Crippen LogP contribution >= 0.6 is 0 Å². The van der Waals surface area contributed by atoms with E-state index in [0.717, 1.165) is 64.7 Å². The SMILES string of the molecule is CN(CCCCN)C[C@H]1CC[C@H](n2cc(NC(=O)c3coc(-c4ccnc(NCC5CC5)c4)n3)c(C(F)F)n2)CC1. The van der Waals surface area contributed by atoms with Crippen molar-refractivity contribution in [3.8, 4) is 11.5 Å². The largest absolute Gasteiger partial charge is 0.444 e. The van der Waals surface area contributed by atoms with E-state index in [1.54, 1.807) is 16.9 Å². The molecule has 2 aliphatic carbocycles. The van der Waals surface area contributed by atoms with E-state index in [0.29, 0.717) is 23.2 Å². The highest BCUT2D eigenvalue weighted by atomic mass is 19.3. The van der Waals surface area contributed by atoms with E-state index in [9.17, 15) is 13.6 Å². The Hall–Kier alpha value is -3.38. The van der Waals surface area contributed by atoms with Gasteiger partial charge in [0.1, 0.15) is 12.1 Å². The molecule has 4 N–H and O–H groups in total. The smallest absolute Gasteiger partial charge is 0.284 e. The standard InChI is InChI=1S/C29H40F2N8O2/c1-38(13-3-2-11-32)16-20-6-8-22(9-7-20)39-17-23(26(37-39)27(30)31)35-28(40)24-18-41-29(36-24)21-10-12-33-25(14-21)34-15-19-4-5-19/h10,12,14,17-20,22,27H,2-9,11,13,15-16,32H2,1H3,(H,33,34)(H,35,40)/t20-,22-. The zero-order chi connectivity index (χ0) is 28.8. The van der Waals surface area contributed by atoms with Crippen molar-refractivity contribution in [1.82, 2.24) is 24.6 Å². The van der Waals surface area contributed by atoms with Gasteiger partial charge >= 0.3 is 0 Å². The topological polar surface area (TPSA) is 127 Å². The van der Waals surface area contributed by atoms with Gasteiger partial charge in [-0.1, -0.05) is 0 Å². The fraction of sp³-hybridized carbons (Fsp3) is 0.586. The van der Waals surface area contributed by atoms with Crippen LogP contribution in [-0.4, -0.2) is 63.8 Å². The highest BCUT2D eigenvalue weighted by molar-refractivity contribution is 6.03. The highest BCUT2D eigenvalue weighted by Gasteiger charge is 2.28. The van der Waals surface area contributed by atoms with E-state index in [2.05, 4.69) is 37.6 Å². The van der Waals surface area contributed by atoms with Gasteiger partial charge in [-0.05, 0) is 95.5 Å². The fourth-order valence-electron chi connectivity index (χ4n) is 5.43. The second-order valence-corrected chi connectivity index (χ2v) is 11.4. The number of hydrogen-bond acceptors (Lipinski definition) is 8. The Morgan fingerprint density at radius 3 is 2.71 bits per heavy atom. The average Bonchev–Trinajstić information content (AvgIpc) is 3.48. The van der Waals surface area contributed by atoms with Crippen LogP contribution in [0.1, 0.15) is 80.0 Å². The van der Waals surface area contributed by atoms with Crippen molar-refractivity contribution in [3.63, 3.8) is 0 Å². The third kappa shape index (κ3) is 7.88.